The Labute approximate surface area is 262 Å². The molecule has 2 aromatic carbocycles. The standard InChI is InChI=1S/C32H40N2O11/c35-29-25-5-1-2-6-26(25)30(36)33(29)9-11-39-13-15-41-17-19-43-21-23-45-24-22-44-20-18-42-16-14-40-12-10-34-31(37)27-7-3-4-8-28(27)32(34)38/h1-8H,9-24H2. The molecule has 2 aliphatic rings. The number of hydrogen-bond donors (Lipinski definition) is 0. The summed E-state index contributed by atoms with van der Waals surface area (Å²) < 4.78 is 38.2. The molecule has 4 rings (SSSR count). The summed E-state index contributed by atoms with van der Waals surface area (Å²) in [4.78, 5) is 51.6. The van der Waals surface area contributed by atoms with Crippen LogP contribution < -0.4 is 0 Å². The maximum Gasteiger partial charge on any atom is 0.261 e. The lowest BCUT2D eigenvalue weighted by Gasteiger charge is -2.14. The quantitative estimate of drug-likeness (QED) is 0.124. The second-order valence-corrected chi connectivity index (χ2v) is 9.90. The number of hydrogen-bond acceptors (Lipinski definition) is 11. The fraction of sp³-hybridized carbons (Fsp3) is 0.500. The lowest BCUT2D eigenvalue weighted by atomic mass is 10.1. The third-order valence-corrected chi connectivity index (χ3v) is 6.91. The van der Waals surface area contributed by atoms with Gasteiger partial charge in [0.15, 0.2) is 0 Å². The first-order valence-corrected chi connectivity index (χ1v) is 15.0. The zero-order chi connectivity index (χ0) is 31.7. The van der Waals surface area contributed by atoms with Gasteiger partial charge in [-0.05, 0) is 24.3 Å². The number of fused-ring (bicyclic) bond motifs is 2. The van der Waals surface area contributed by atoms with Crippen LogP contribution in [0.25, 0.3) is 0 Å². The summed E-state index contributed by atoms with van der Waals surface area (Å²) in [7, 11) is 0. The molecule has 0 unspecified atom stereocenters. The van der Waals surface area contributed by atoms with Crippen molar-refractivity contribution >= 4 is 23.6 Å². The second kappa shape index (κ2) is 19.1. The van der Waals surface area contributed by atoms with Crippen molar-refractivity contribution in [2.24, 2.45) is 0 Å². The molecular weight excluding hydrogens is 588 g/mol. The van der Waals surface area contributed by atoms with Gasteiger partial charge in [0, 0.05) is 0 Å². The summed E-state index contributed by atoms with van der Waals surface area (Å²) in [6.45, 7) is 5.85. The van der Waals surface area contributed by atoms with E-state index in [0.717, 1.165) is 0 Å². The van der Waals surface area contributed by atoms with E-state index in [2.05, 4.69) is 0 Å². The molecular formula is C32H40N2O11. The van der Waals surface area contributed by atoms with E-state index in [1.165, 1.54) is 9.80 Å². The van der Waals surface area contributed by atoms with Crippen LogP contribution in [0.4, 0.5) is 0 Å². The molecule has 45 heavy (non-hydrogen) atoms. The molecule has 0 bridgehead atoms. The van der Waals surface area contributed by atoms with Gasteiger partial charge in [-0.2, -0.15) is 0 Å². The number of rotatable bonds is 24. The van der Waals surface area contributed by atoms with Crippen LogP contribution in [-0.2, 0) is 33.2 Å². The van der Waals surface area contributed by atoms with Crippen LogP contribution in [0.1, 0.15) is 41.4 Å². The van der Waals surface area contributed by atoms with Crippen molar-refractivity contribution in [3.8, 4) is 0 Å². The molecule has 0 spiro atoms. The minimum Gasteiger partial charge on any atom is -0.377 e. The van der Waals surface area contributed by atoms with Crippen molar-refractivity contribution in [1.29, 1.82) is 0 Å². The molecule has 0 saturated heterocycles. The molecule has 244 valence electrons. The predicted octanol–water partition coefficient (Wildman–Crippen LogP) is 1.70. The molecule has 4 amide bonds. The molecule has 0 aromatic heterocycles. The van der Waals surface area contributed by atoms with Crippen LogP contribution in [0.3, 0.4) is 0 Å². The Morgan fingerprint density at radius 1 is 0.333 bits per heavy atom. The van der Waals surface area contributed by atoms with Gasteiger partial charge in [0.1, 0.15) is 0 Å². The predicted molar refractivity (Wildman–Crippen MR) is 159 cm³/mol. The van der Waals surface area contributed by atoms with E-state index in [1.54, 1.807) is 48.5 Å². The van der Waals surface area contributed by atoms with Crippen LogP contribution in [0.5, 0.6) is 0 Å². The molecule has 0 saturated carbocycles. The van der Waals surface area contributed by atoms with Gasteiger partial charge in [-0.1, -0.05) is 24.3 Å². The molecule has 13 nitrogen and oxygen atoms in total. The Kier molecular flexibility index (Phi) is 14.5. The van der Waals surface area contributed by atoms with Gasteiger partial charge in [0.05, 0.1) is 128 Å². The minimum absolute atomic E-state index is 0.205. The van der Waals surface area contributed by atoms with Gasteiger partial charge in [0.2, 0.25) is 0 Å². The highest BCUT2D eigenvalue weighted by Gasteiger charge is 2.35. The van der Waals surface area contributed by atoms with Gasteiger partial charge in [-0.15, -0.1) is 0 Å². The summed E-state index contributed by atoms with van der Waals surface area (Å²) in [5, 5.41) is 0. The second-order valence-electron chi connectivity index (χ2n) is 9.90. The van der Waals surface area contributed by atoms with Crippen molar-refractivity contribution in [2.45, 2.75) is 0 Å². The summed E-state index contributed by atoms with van der Waals surface area (Å²) in [5.41, 5.74) is 1.74. The third kappa shape index (κ3) is 10.2. The average molecular weight is 629 g/mol. The van der Waals surface area contributed by atoms with Crippen LogP contribution in [-0.4, -0.2) is 139 Å². The van der Waals surface area contributed by atoms with Crippen molar-refractivity contribution < 1.29 is 52.3 Å². The fourth-order valence-corrected chi connectivity index (χ4v) is 4.62. The van der Waals surface area contributed by atoms with E-state index < -0.39 is 0 Å². The molecule has 0 aliphatic carbocycles. The van der Waals surface area contributed by atoms with E-state index >= 15 is 0 Å². The minimum atomic E-state index is -0.285. The van der Waals surface area contributed by atoms with Crippen LogP contribution in [0.2, 0.25) is 0 Å². The number of nitrogens with zero attached hydrogens (tertiary/aromatic N) is 2. The van der Waals surface area contributed by atoms with Crippen molar-refractivity contribution in [3.05, 3.63) is 70.8 Å². The highest BCUT2D eigenvalue weighted by atomic mass is 16.6. The van der Waals surface area contributed by atoms with Crippen molar-refractivity contribution in [2.75, 3.05) is 106 Å². The first-order chi connectivity index (χ1) is 22.1. The van der Waals surface area contributed by atoms with E-state index in [-0.39, 0.29) is 49.9 Å². The molecule has 0 fully saturated rings. The lowest BCUT2D eigenvalue weighted by Crippen LogP contribution is -2.33. The molecule has 2 heterocycles. The molecule has 0 radical (unpaired) electrons. The highest BCUT2D eigenvalue weighted by Crippen LogP contribution is 2.23. The van der Waals surface area contributed by atoms with Crippen molar-refractivity contribution in [3.63, 3.8) is 0 Å². The lowest BCUT2D eigenvalue weighted by molar-refractivity contribution is -0.0210. The van der Waals surface area contributed by atoms with Gasteiger partial charge < -0.3 is 33.2 Å². The van der Waals surface area contributed by atoms with Gasteiger partial charge in [-0.25, -0.2) is 0 Å². The largest absolute Gasteiger partial charge is 0.377 e. The number of imide groups is 2. The number of amides is 4. The maximum atomic E-state index is 12.3. The Bertz CT molecular complexity index is 1110. The summed E-state index contributed by atoms with van der Waals surface area (Å²) in [5.74, 6) is -1.14. The highest BCUT2D eigenvalue weighted by molar-refractivity contribution is 6.22. The van der Waals surface area contributed by atoms with E-state index in [4.69, 9.17) is 33.2 Å². The fourth-order valence-electron chi connectivity index (χ4n) is 4.62. The normalized spacial score (nSPS) is 14.1. The van der Waals surface area contributed by atoms with Gasteiger partial charge >= 0.3 is 0 Å². The van der Waals surface area contributed by atoms with Crippen LogP contribution >= 0.6 is 0 Å². The van der Waals surface area contributed by atoms with E-state index in [1.807, 2.05) is 0 Å². The van der Waals surface area contributed by atoms with Crippen LogP contribution in [0, 0.1) is 0 Å². The topological polar surface area (TPSA) is 139 Å². The van der Waals surface area contributed by atoms with Gasteiger partial charge in [-0.3, -0.25) is 29.0 Å². The number of benzene rings is 2. The van der Waals surface area contributed by atoms with Crippen molar-refractivity contribution in [1.82, 2.24) is 9.80 Å². The van der Waals surface area contributed by atoms with E-state index in [9.17, 15) is 19.2 Å². The third-order valence-electron chi connectivity index (χ3n) is 6.91. The smallest absolute Gasteiger partial charge is 0.261 e. The monoisotopic (exact) mass is 628 g/mol. The Hall–Kier alpha value is -3.56. The average Bonchev–Trinajstić information content (AvgIpc) is 3.45. The Morgan fingerprint density at radius 2 is 0.533 bits per heavy atom. The zero-order valence-corrected chi connectivity index (χ0v) is 25.3. The van der Waals surface area contributed by atoms with E-state index in [0.29, 0.717) is 102 Å². The Morgan fingerprint density at radius 3 is 0.756 bits per heavy atom. The number of ether oxygens (including phenoxy) is 7. The molecule has 0 atom stereocenters. The SMILES string of the molecule is O=C1c2ccccc2C(=O)N1CCOCCOCCOCCOCCOCCOCCOCCN1C(=O)c2ccccc2C1=O. The molecule has 2 aromatic rings. The maximum absolute atomic E-state index is 12.3. The summed E-state index contributed by atoms with van der Waals surface area (Å²) >= 11 is 0. The molecule has 0 N–H and O–H groups in total. The zero-order valence-electron chi connectivity index (χ0n) is 25.3. The molecule has 2 aliphatic heterocycles. The molecule has 13 heteroatoms. The van der Waals surface area contributed by atoms with Gasteiger partial charge in [0.25, 0.3) is 23.6 Å². The van der Waals surface area contributed by atoms with Crippen LogP contribution in [0.15, 0.2) is 48.5 Å². The first kappa shape index (κ1) is 34.3. The Balaban J connectivity index is 0.837. The number of carbonyl (C=O) groups is 4. The number of carbonyl (C=O) groups excluding carboxylic acids is 4. The summed E-state index contributed by atoms with van der Waals surface area (Å²) in [6.07, 6.45) is 0. The first-order valence-electron chi connectivity index (χ1n) is 15.0. The summed E-state index contributed by atoms with van der Waals surface area (Å²) in [6, 6.07) is 13.6.